The number of benzene rings is 1. The van der Waals surface area contributed by atoms with Crippen LogP contribution in [0.1, 0.15) is 17.0 Å². The molecule has 2 aromatic rings. The van der Waals surface area contributed by atoms with Gasteiger partial charge in [0.05, 0.1) is 19.3 Å². The zero-order chi connectivity index (χ0) is 14.5. The SMILES string of the molecule is COc1ccc(CN)c(N(C)Cc2cccc(C)n2)c1. The van der Waals surface area contributed by atoms with Crippen molar-refractivity contribution in [3.63, 3.8) is 0 Å². The average molecular weight is 271 g/mol. The number of pyridine rings is 1. The molecule has 0 bridgehead atoms. The van der Waals surface area contributed by atoms with E-state index in [9.17, 15) is 0 Å². The Kier molecular flexibility index (Phi) is 4.58. The lowest BCUT2D eigenvalue weighted by Crippen LogP contribution is -2.19. The number of rotatable bonds is 5. The number of anilines is 1. The van der Waals surface area contributed by atoms with Gasteiger partial charge < -0.3 is 15.4 Å². The van der Waals surface area contributed by atoms with E-state index >= 15 is 0 Å². The van der Waals surface area contributed by atoms with E-state index < -0.39 is 0 Å². The molecule has 0 aliphatic rings. The van der Waals surface area contributed by atoms with Crippen LogP contribution in [0.4, 0.5) is 5.69 Å². The van der Waals surface area contributed by atoms with Crippen LogP contribution in [0.5, 0.6) is 5.75 Å². The summed E-state index contributed by atoms with van der Waals surface area (Å²) in [5.41, 5.74) is 10.1. The maximum Gasteiger partial charge on any atom is 0.120 e. The Morgan fingerprint density at radius 3 is 2.70 bits per heavy atom. The number of ether oxygens (including phenoxy) is 1. The summed E-state index contributed by atoms with van der Waals surface area (Å²) in [5.74, 6) is 0.834. The van der Waals surface area contributed by atoms with Gasteiger partial charge in [-0.1, -0.05) is 12.1 Å². The van der Waals surface area contributed by atoms with Gasteiger partial charge >= 0.3 is 0 Å². The minimum Gasteiger partial charge on any atom is -0.497 e. The number of nitrogens with two attached hydrogens (primary N) is 1. The third-order valence-electron chi connectivity index (χ3n) is 3.27. The van der Waals surface area contributed by atoms with Crippen LogP contribution in [0.2, 0.25) is 0 Å². The molecule has 1 aromatic carbocycles. The minimum absolute atomic E-state index is 0.505. The quantitative estimate of drug-likeness (QED) is 0.907. The van der Waals surface area contributed by atoms with E-state index in [1.807, 2.05) is 50.4 Å². The van der Waals surface area contributed by atoms with Crippen LogP contribution in [0.3, 0.4) is 0 Å². The van der Waals surface area contributed by atoms with Crippen molar-refractivity contribution in [3.8, 4) is 5.75 Å². The molecule has 0 saturated heterocycles. The second-order valence-electron chi connectivity index (χ2n) is 4.83. The number of methoxy groups -OCH3 is 1. The van der Waals surface area contributed by atoms with E-state index in [1.54, 1.807) is 7.11 Å². The van der Waals surface area contributed by atoms with Crippen molar-refractivity contribution >= 4 is 5.69 Å². The molecule has 106 valence electrons. The summed E-state index contributed by atoms with van der Waals surface area (Å²) in [6.07, 6.45) is 0. The van der Waals surface area contributed by atoms with Crippen molar-refractivity contribution in [2.45, 2.75) is 20.0 Å². The molecule has 0 spiro atoms. The lowest BCUT2D eigenvalue weighted by Gasteiger charge is -2.22. The summed E-state index contributed by atoms with van der Waals surface area (Å²) in [6.45, 7) is 3.24. The predicted octanol–water partition coefficient (Wildman–Crippen LogP) is 2.49. The molecule has 2 rings (SSSR count). The van der Waals surface area contributed by atoms with Crippen molar-refractivity contribution in [3.05, 3.63) is 53.3 Å². The zero-order valence-electron chi connectivity index (χ0n) is 12.3. The van der Waals surface area contributed by atoms with Gasteiger partial charge in [0.1, 0.15) is 5.75 Å². The first-order valence-electron chi connectivity index (χ1n) is 6.64. The molecule has 2 N–H and O–H groups in total. The van der Waals surface area contributed by atoms with Crippen molar-refractivity contribution in [2.24, 2.45) is 5.73 Å². The van der Waals surface area contributed by atoms with E-state index in [2.05, 4.69) is 9.88 Å². The summed E-state index contributed by atoms with van der Waals surface area (Å²) in [4.78, 5) is 6.68. The molecule has 0 unspecified atom stereocenters. The normalized spacial score (nSPS) is 10.4. The van der Waals surface area contributed by atoms with Crippen LogP contribution in [0, 0.1) is 6.92 Å². The maximum atomic E-state index is 5.81. The van der Waals surface area contributed by atoms with E-state index in [0.29, 0.717) is 6.54 Å². The lowest BCUT2D eigenvalue weighted by molar-refractivity contribution is 0.414. The van der Waals surface area contributed by atoms with Crippen molar-refractivity contribution in [2.75, 3.05) is 19.1 Å². The first-order valence-corrected chi connectivity index (χ1v) is 6.64. The Labute approximate surface area is 120 Å². The maximum absolute atomic E-state index is 5.81. The second kappa shape index (κ2) is 6.39. The molecule has 4 heteroatoms. The Morgan fingerprint density at radius 2 is 2.05 bits per heavy atom. The van der Waals surface area contributed by atoms with Crippen molar-refractivity contribution in [1.82, 2.24) is 4.98 Å². The first kappa shape index (κ1) is 14.3. The molecule has 20 heavy (non-hydrogen) atoms. The number of hydrogen-bond donors (Lipinski definition) is 1. The molecule has 4 nitrogen and oxygen atoms in total. The van der Waals surface area contributed by atoms with E-state index in [0.717, 1.165) is 34.9 Å². The highest BCUT2D eigenvalue weighted by molar-refractivity contribution is 5.57. The first-order chi connectivity index (χ1) is 9.63. The molecule has 0 atom stereocenters. The van der Waals surface area contributed by atoms with Crippen LogP contribution < -0.4 is 15.4 Å². The van der Waals surface area contributed by atoms with Crippen molar-refractivity contribution < 1.29 is 4.74 Å². The van der Waals surface area contributed by atoms with Gasteiger partial charge in [-0.2, -0.15) is 0 Å². The molecule has 0 amide bonds. The smallest absolute Gasteiger partial charge is 0.120 e. The van der Waals surface area contributed by atoms with E-state index in [1.165, 1.54) is 0 Å². The average Bonchev–Trinajstić information content (AvgIpc) is 2.46. The molecule has 1 heterocycles. The highest BCUT2D eigenvalue weighted by atomic mass is 16.5. The highest BCUT2D eigenvalue weighted by Gasteiger charge is 2.09. The largest absolute Gasteiger partial charge is 0.497 e. The Hall–Kier alpha value is -2.07. The molecule has 1 aromatic heterocycles. The van der Waals surface area contributed by atoms with Gasteiger partial charge in [0.2, 0.25) is 0 Å². The molecule has 0 aliphatic carbocycles. The van der Waals surface area contributed by atoms with Crippen LogP contribution >= 0.6 is 0 Å². The molecule has 0 saturated carbocycles. The monoisotopic (exact) mass is 271 g/mol. The second-order valence-corrected chi connectivity index (χ2v) is 4.83. The minimum atomic E-state index is 0.505. The zero-order valence-corrected chi connectivity index (χ0v) is 12.3. The fourth-order valence-electron chi connectivity index (χ4n) is 2.21. The van der Waals surface area contributed by atoms with Crippen LogP contribution in [-0.2, 0) is 13.1 Å². The molecular weight excluding hydrogens is 250 g/mol. The Morgan fingerprint density at radius 1 is 1.25 bits per heavy atom. The third-order valence-corrected chi connectivity index (χ3v) is 3.27. The molecular formula is C16H21N3O. The van der Waals surface area contributed by atoms with Gasteiger partial charge in [-0.3, -0.25) is 4.98 Å². The van der Waals surface area contributed by atoms with Gasteiger partial charge in [-0.15, -0.1) is 0 Å². The van der Waals surface area contributed by atoms with Crippen LogP contribution in [0.25, 0.3) is 0 Å². The summed E-state index contributed by atoms with van der Waals surface area (Å²) < 4.78 is 5.29. The summed E-state index contributed by atoms with van der Waals surface area (Å²) >= 11 is 0. The summed E-state index contributed by atoms with van der Waals surface area (Å²) in [7, 11) is 3.71. The number of hydrogen-bond acceptors (Lipinski definition) is 4. The van der Waals surface area contributed by atoms with Gasteiger partial charge in [0, 0.05) is 31.0 Å². The molecule has 0 radical (unpaired) electrons. The molecule has 0 fully saturated rings. The summed E-state index contributed by atoms with van der Waals surface area (Å²) in [5, 5.41) is 0. The van der Waals surface area contributed by atoms with Gasteiger partial charge in [0.25, 0.3) is 0 Å². The lowest BCUT2D eigenvalue weighted by atomic mass is 10.1. The van der Waals surface area contributed by atoms with Gasteiger partial charge in [0.15, 0.2) is 0 Å². The van der Waals surface area contributed by atoms with Crippen molar-refractivity contribution in [1.29, 1.82) is 0 Å². The topological polar surface area (TPSA) is 51.4 Å². The highest BCUT2D eigenvalue weighted by Crippen LogP contribution is 2.26. The predicted molar refractivity (Wildman–Crippen MR) is 82.0 cm³/mol. The number of aromatic nitrogens is 1. The standard InChI is InChI=1S/C16H21N3O/c1-12-5-4-6-14(18-12)11-19(2)16-9-15(20-3)8-7-13(16)10-17/h4-9H,10-11,17H2,1-3H3. The number of aryl methyl sites for hydroxylation is 1. The fraction of sp³-hybridized carbons (Fsp3) is 0.312. The Balaban J connectivity index is 2.25. The number of nitrogens with zero attached hydrogens (tertiary/aromatic N) is 2. The molecule has 0 aliphatic heterocycles. The van der Waals surface area contributed by atoms with Gasteiger partial charge in [-0.25, -0.2) is 0 Å². The third kappa shape index (κ3) is 3.27. The summed E-state index contributed by atoms with van der Waals surface area (Å²) in [6, 6.07) is 12.0. The van der Waals surface area contributed by atoms with Crippen LogP contribution in [-0.4, -0.2) is 19.1 Å². The fourth-order valence-corrected chi connectivity index (χ4v) is 2.21. The van der Waals surface area contributed by atoms with Gasteiger partial charge in [-0.05, 0) is 30.7 Å². The van der Waals surface area contributed by atoms with E-state index in [4.69, 9.17) is 10.5 Å². The van der Waals surface area contributed by atoms with E-state index in [-0.39, 0.29) is 0 Å². The Bertz CT molecular complexity index is 584. The van der Waals surface area contributed by atoms with Crippen LogP contribution in [0.15, 0.2) is 36.4 Å².